The molecule has 2 aromatic heterocycles. The number of nitrogens with one attached hydrogen (secondary N) is 1. The summed E-state index contributed by atoms with van der Waals surface area (Å²) in [5.41, 5.74) is -0.514. The van der Waals surface area contributed by atoms with Crippen LogP contribution in [0.15, 0.2) is 65.6 Å². The zero-order valence-corrected chi connectivity index (χ0v) is 22.0. The van der Waals surface area contributed by atoms with E-state index < -0.39 is 28.9 Å². The number of benzene rings is 2. The molecule has 12 heteroatoms. The Labute approximate surface area is 228 Å². The second-order valence-electron chi connectivity index (χ2n) is 9.28. The first-order valence-electron chi connectivity index (χ1n) is 12.3. The molecule has 0 bridgehead atoms. The number of aromatic nitrogens is 4. The number of nitriles is 1. The molecule has 0 aliphatic heterocycles. The third-order valence-corrected chi connectivity index (χ3v) is 6.15. The van der Waals surface area contributed by atoms with Crippen molar-refractivity contribution in [2.75, 3.05) is 27.2 Å². The molecule has 0 atom stereocenters. The largest absolute Gasteiger partial charge is 0.416 e. The number of alkyl halides is 3. The first-order valence-corrected chi connectivity index (χ1v) is 12.3. The maximum Gasteiger partial charge on any atom is 0.416 e. The Morgan fingerprint density at radius 3 is 2.48 bits per heavy atom. The van der Waals surface area contributed by atoms with Gasteiger partial charge in [0, 0.05) is 12.2 Å². The van der Waals surface area contributed by atoms with Crippen molar-refractivity contribution in [3.05, 3.63) is 93.7 Å². The lowest BCUT2D eigenvalue weighted by Gasteiger charge is -2.18. The van der Waals surface area contributed by atoms with Crippen LogP contribution in [0.2, 0.25) is 0 Å². The SMILES string of the molecule is Cc1c(-c2ccnn2-c2ccc(C#N)cc2)nc(C(=O)NCCCN(C)C)c(=O)n1-c1cccc(C(F)(F)F)c1. The van der Waals surface area contributed by atoms with Crippen LogP contribution in [0, 0.1) is 18.3 Å². The molecule has 9 nitrogen and oxygen atoms in total. The van der Waals surface area contributed by atoms with E-state index in [0.717, 1.165) is 16.7 Å². The molecule has 4 rings (SSSR count). The van der Waals surface area contributed by atoms with Gasteiger partial charge in [-0.3, -0.25) is 14.2 Å². The second-order valence-corrected chi connectivity index (χ2v) is 9.28. The summed E-state index contributed by atoms with van der Waals surface area (Å²) in [7, 11) is 3.78. The van der Waals surface area contributed by atoms with Crippen molar-refractivity contribution in [2.45, 2.75) is 19.5 Å². The summed E-state index contributed by atoms with van der Waals surface area (Å²) in [5.74, 6) is -0.741. The molecule has 2 aromatic carbocycles. The number of hydrogen-bond donors (Lipinski definition) is 1. The van der Waals surface area contributed by atoms with Gasteiger partial charge >= 0.3 is 6.18 Å². The zero-order chi connectivity index (χ0) is 29.0. The molecule has 4 aromatic rings. The summed E-state index contributed by atoms with van der Waals surface area (Å²) in [5, 5.41) is 16.1. The molecule has 0 saturated heterocycles. The van der Waals surface area contributed by atoms with Crippen LogP contribution in [0.25, 0.3) is 22.8 Å². The van der Waals surface area contributed by atoms with Crippen molar-refractivity contribution in [3.63, 3.8) is 0 Å². The number of halogens is 3. The van der Waals surface area contributed by atoms with E-state index in [1.165, 1.54) is 23.0 Å². The number of nitrogens with zero attached hydrogens (tertiary/aromatic N) is 6. The van der Waals surface area contributed by atoms with Crippen molar-refractivity contribution in [3.8, 4) is 28.8 Å². The van der Waals surface area contributed by atoms with E-state index in [2.05, 4.69) is 15.4 Å². The maximum absolute atomic E-state index is 13.6. The van der Waals surface area contributed by atoms with Gasteiger partial charge in [0.1, 0.15) is 5.69 Å². The fraction of sp³-hybridized carbons (Fsp3) is 0.250. The molecule has 0 aliphatic rings. The van der Waals surface area contributed by atoms with Crippen LogP contribution in [0.1, 0.15) is 33.7 Å². The van der Waals surface area contributed by atoms with Crippen LogP contribution in [0.3, 0.4) is 0 Å². The number of hydrogen-bond acceptors (Lipinski definition) is 6. The quantitative estimate of drug-likeness (QED) is 0.333. The predicted molar refractivity (Wildman–Crippen MR) is 142 cm³/mol. The van der Waals surface area contributed by atoms with E-state index in [9.17, 15) is 22.8 Å². The Morgan fingerprint density at radius 2 is 1.82 bits per heavy atom. The van der Waals surface area contributed by atoms with Gasteiger partial charge in [-0.25, -0.2) is 9.67 Å². The van der Waals surface area contributed by atoms with Gasteiger partial charge in [-0.1, -0.05) is 6.07 Å². The maximum atomic E-state index is 13.6. The van der Waals surface area contributed by atoms with Crippen molar-refractivity contribution >= 4 is 5.91 Å². The summed E-state index contributed by atoms with van der Waals surface area (Å²) in [6, 6.07) is 14.5. The minimum absolute atomic E-state index is 0.0629. The topological polar surface area (TPSA) is 109 Å². The summed E-state index contributed by atoms with van der Waals surface area (Å²) < 4.78 is 43.1. The van der Waals surface area contributed by atoms with Crippen molar-refractivity contribution < 1.29 is 18.0 Å². The lowest BCUT2D eigenvalue weighted by molar-refractivity contribution is -0.137. The predicted octanol–water partition coefficient (Wildman–Crippen LogP) is 3.97. The molecule has 0 unspecified atom stereocenters. The Hall–Kier alpha value is -4.76. The average Bonchev–Trinajstić information content (AvgIpc) is 3.40. The van der Waals surface area contributed by atoms with Gasteiger partial charge in [-0.2, -0.15) is 23.5 Å². The van der Waals surface area contributed by atoms with Crippen LogP contribution in [-0.2, 0) is 6.18 Å². The molecular weight excluding hydrogens is 523 g/mol. The number of amides is 1. The van der Waals surface area contributed by atoms with Gasteiger partial charge in [0.05, 0.1) is 40.5 Å². The van der Waals surface area contributed by atoms with Gasteiger partial charge in [-0.15, -0.1) is 0 Å². The highest BCUT2D eigenvalue weighted by Gasteiger charge is 2.31. The van der Waals surface area contributed by atoms with Crippen LogP contribution < -0.4 is 10.9 Å². The molecule has 0 spiro atoms. The first-order chi connectivity index (χ1) is 19.0. The second kappa shape index (κ2) is 11.5. The summed E-state index contributed by atoms with van der Waals surface area (Å²) in [4.78, 5) is 33.1. The van der Waals surface area contributed by atoms with Crippen molar-refractivity contribution in [2.24, 2.45) is 0 Å². The van der Waals surface area contributed by atoms with E-state index in [0.29, 0.717) is 29.9 Å². The minimum atomic E-state index is -4.63. The van der Waals surface area contributed by atoms with E-state index in [1.54, 1.807) is 37.3 Å². The minimum Gasteiger partial charge on any atom is -0.350 e. The van der Waals surface area contributed by atoms with Crippen molar-refractivity contribution in [1.29, 1.82) is 5.26 Å². The van der Waals surface area contributed by atoms with Gasteiger partial charge in [0.25, 0.3) is 11.5 Å². The Bertz CT molecular complexity index is 1630. The van der Waals surface area contributed by atoms with Gasteiger partial charge in [0.15, 0.2) is 5.69 Å². The molecule has 1 amide bonds. The lowest BCUT2D eigenvalue weighted by Crippen LogP contribution is -2.36. The van der Waals surface area contributed by atoms with Crippen LogP contribution in [-0.4, -0.2) is 57.3 Å². The number of carbonyl (C=O) groups excluding carboxylic acids is 1. The Morgan fingerprint density at radius 1 is 1.10 bits per heavy atom. The van der Waals surface area contributed by atoms with E-state index >= 15 is 0 Å². The molecule has 1 N–H and O–H groups in total. The van der Waals surface area contributed by atoms with Gasteiger partial charge in [-0.05, 0) is 82.5 Å². The highest BCUT2D eigenvalue weighted by atomic mass is 19.4. The number of carbonyl (C=O) groups is 1. The van der Waals surface area contributed by atoms with Crippen molar-refractivity contribution in [1.82, 2.24) is 29.5 Å². The Balaban J connectivity index is 1.89. The number of rotatable bonds is 8. The monoisotopic (exact) mass is 549 g/mol. The van der Waals surface area contributed by atoms with Crippen LogP contribution >= 0.6 is 0 Å². The molecule has 206 valence electrons. The Kier molecular flexibility index (Phi) is 8.16. The normalized spacial score (nSPS) is 11.4. The van der Waals surface area contributed by atoms with E-state index in [-0.39, 0.29) is 23.6 Å². The van der Waals surface area contributed by atoms with Gasteiger partial charge < -0.3 is 10.2 Å². The third kappa shape index (κ3) is 5.94. The molecule has 40 heavy (non-hydrogen) atoms. The van der Waals surface area contributed by atoms with E-state index in [4.69, 9.17) is 5.26 Å². The zero-order valence-electron chi connectivity index (χ0n) is 22.0. The smallest absolute Gasteiger partial charge is 0.350 e. The van der Waals surface area contributed by atoms with Crippen LogP contribution in [0.5, 0.6) is 0 Å². The molecule has 0 fully saturated rings. The summed E-state index contributed by atoms with van der Waals surface area (Å²) in [6.45, 7) is 2.51. The highest BCUT2D eigenvalue weighted by molar-refractivity contribution is 5.92. The fourth-order valence-electron chi connectivity index (χ4n) is 4.17. The molecular formula is C28H26F3N7O2. The molecule has 0 aliphatic carbocycles. The molecule has 0 saturated carbocycles. The summed E-state index contributed by atoms with van der Waals surface area (Å²) >= 11 is 0. The molecule has 0 radical (unpaired) electrons. The standard InChI is InChI=1S/C28H26F3N7O2/c1-18-24(23-12-14-34-38(23)21-10-8-19(17-32)9-11-21)35-25(26(39)33-13-5-15-36(2)3)27(40)37(18)22-7-4-6-20(16-22)28(29,30)31/h4,6-12,14,16H,5,13,15H2,1-3H3,(H,33,39). The molecule has 2 heterocycles. The van der Waals surface area contributed by atoms with E-state index in [1.807, 2.05) is 25.1 Å². The van der Waals surface area contributed by atoms with Crippen LogP contribution in [0.4, 0.5) is 13.2 Å². The summed E-state index contributed by atoms with van der Waals surface area (Å²) in [6.07, 6.45) is -2.52. The third-order valence-electron chi connectivity index (χ3n) is 6.15. The average molecular weight is 550 g/mol. The fourth-order valence-corrected chi connectivity index (χ4v) is 4.17. The van der Waals surface area contributed by atoms with Gasteiger partial charge in [0.2, 0.25) is 0 Å². The lowest BCUT2D eigenvalue weighted by atomic mass is 10.1. The highest BCUT2D eigenvalue weighted by Crippen LogP contribution is 2.31. The first kappa shape index (κ1) is 28.3.